The van der Waals surface area contributed by atoms with E-state index in [-0.39, 0.29) is 5.82 Å². The third-order valence-corrected chi connectivity index (χ3v) is 5.74. The van der Waals surface area contributed by atoms with Crippen molar-refractivity contribution in [3.63, 3.8) is 0 Å². The molecule has 12 nitrogen and oxygen atoms in total. The number of carbonyl (C=O) groups is 1. The number of amides is 1. The lowest BCUT2D eigenvalue weighted by Gasteiger charge is -2.18. The molecule has 0 saturated carbocycles. The van der Waals surface area contributed by atoms with Crippen molar-refractivity contribution >= 4 is 22.9 Å². The number of aliphatic hydroxyl groups excluding tert-OH is 2. The molecule has 4 atom stereocenters. The molecule has 1 saturated heterocycles. The lowest BCUT2D eigenvalue weighted by molar-refractivity contribution is -0.125. The molecule has 0 aliphatic carbocycles. The van der Waals surface area contributed by atoms with E-state index in [1.807, 2.05) is 18.2 Å². The molecule has 5 heterocycles. The summed E-state index contributed by atoms with van der Waals surface area (Å²) in [5, 5.41) is 29.7. The summed E-state index contributed by atoms with van der Waals surface area (Å²) in [6.45, 7) is 0.336. The highest BCUT2D eigenvalue weighted by Crippen LogP contribution is 2.30. The van der Waals surface area contributed by atoms with Gasteiger partial charge in [-0.3, -0.25) is 24.6 Å². The van der Waals surface area contributed by atoms with E-state index in [9.17, 15) is 19.4 Å². The first-order valence-electron chi connectivity index (χ1n) is 10.8. The molecular formula is C22H22FN9O3. The Labute approximate surface area is 198 Å². The van der Waals surface area contributed by atoms with Crippen LogP contribution in [0, 0.1) is 5.82 Å². The van der Waals surface area contributed by atoms with Crippen LogP contribution in [0.25, 0.3) is 22.6 Å². The summed E-state index contributed by atoms with van der Waals surface area (Å²) in [7, 11) is 1.44. The molecule has 4 aromatic heterocycles. The van der Waals surface area contributed by atoms with Crippen LogP contribution < -0.4 is 16.0 Å². The van der Waals surface area contributed by atoms with Crippen molar-refractivity contribution in [2.24, 2.45) is 0 Å². The van der Waals surface area contributed by atoms with Crippen molar-refractivity contribution in [3.05, 3.63) is 60.7 Å². The number of imidazole rings is 1. The van der Waals surface area contributed by atoms with Gasteiger partial charge in [-0.2, -0.15) is 0 Å². The maximum atomic E-state index is 13.9. The molecule has 4 aromatic rings. The van der Waals surface area contributed by atoms with E-state index in [1.165, 1.54) is 30.2 Å². The number of pyridine rings is 2. The zero-order valence-electron chi connectivity index (χ0n) is 18.5. The second-order valence-corrected chi connectivity index (χ2v) is 7.97. The molecule has 5 N–H and O–H groups in total. The number of aromatic nitrogens is 6. The maximum absolute atomic E-state index is 13.9. The van der Waals surface area contributed by atoms with Crippen molar-refractivity contribution < 1.29 is 19.4 Å². The van der Waals surface area contributed by atoms with Crippen LogP contribution in [0.3, 0.4) is 0 Å². The summed E-state index contributed by atoms with van der Waals surface area (Å²) in [5.41, 5.74) is 1.77. The van der Waals surface area contributed by atoms with Gasteiger partial charge in [-0.1, -0.05) is 6.07 Å². The van der Waals surface area contributed by atoms with Gasteiger partial charge in [0.1, 0.15) is 30.2 Å². The predicted molar refractivity (Wildman–Crippen MR) is 122 cm³/mol. The van der Waals surface area contributed by atoms with Crippen molar-refractivity contribution in [3.8, 4) is 11.4 Å². The van der Waals surface area contributed by atoms with Crippen molar-refractivity contribution in [2.75, 3.05) is 12.4 Å². The number of rotatable bonds is 6. The fraction of sp³-hybridized carbons (Fsp3) is 0.273. The number of hydrogen-bond donors (Lipinski definition) is 5. The molecule has 1 amide bonds. The summed E-state index contributed by atoms with van der Waals surface area (Å²) in [5.74, 6) is -0.491. The molecule has 0 unspecified atom stereocenters. The zero-order chi connectivity index (χ0) is 24.5. The highest BCUT2D eigenvalue weighted by Gasteiger charge is 2.45. The van der Waals surface area contributed by atoms with Crippen molar-refractivity contribution in [1.29, 1.82) is 0 Å². The first-order valence-corrected chi connectivity index (χ1v) is 10.8. The zero-order valence-corrected chi connectivity index (χ0v) is 18.5. The molecule has 1 aliphatic rings. The number of nitrogens with zero attached hydrogens (tertiary/aromatic N) is 6. The number of carbonyl (C=O) groups excluding carboxylic acids is 1. The van der Waals surface area contributed by atoms with Gasteiger partial charge in [-0.15, -0.1) is 0 Å². The number of halogens is 1. The van der Waals surface area contributed by atoms with Gasteiger partial charge in [-0.25, -0.2) is 19.3 Å². The Balaban J connectivity index is 1.58. The van der Waals surface area contributed by atoms with Crippen LogP contribution in [0.2, 0.25) is 0 Å². The number of nitrogens with one attached hydrogen (secondary N) is 3. The monoisotopic (exact) mass is 479 g/mol. The largest absolute Gasteiger partial charge is 0.388 e. The third kappa shape index (κ3) is 4.27. The summed E-state index contributed by atoms with van der Waals surface area (Å²) in [4.78, 5) is 33.8. The number of likely N-dealkylation sites (N-methyl/N-ethyl adjacent to an activating group) is 1. The van der Waals surface area contributed by atoms with Gasteiger partial charge in [0.05, 0.1) is 24.8 Å². The molecule has 180 valence electrons. The van der Waals surface area contributed by atoms with E-state index in [0.29, 0.717) is 29.1 Å². The lowest BCUT2D eigenvalue weighted by atomic mass is 10.1. The molecular weight excluding hydrogens is 457 g/mol. The fourth-order valence-corrected chi connectivity index (χ4v) is 3.98. The van der Waals surface area contributed by atoms with Crippen molar-refractivity contribution in [2.45, 2.75) is 31.0 Å². The molecule has 1 aliphatic heterocycles. The van der Waals surface area contributed by atoms with Crippen LogP contribution in [-0.4, -0.2) is 70.9 Å². The van der Waals surface area contributed by atoms with Gasteiger partial charge >= 0.3 is 0 Å². The van der Waals surface area contributed by atoms with E-state index >= 15 is 0 Å². The van der Waals surface area contributed by atoms with Gasteiger partial charge in [-0.05, 0) is 18.2 Å². The number of aliphatic hydroxyl groups is 2. The quantitative estimate of drug-likeness (QED) is 0.254. The number of anilines is 1. The van der Waals surface area contributed by atoms with Crippen molar-refractivity contribution in [1.82, 2.24) is 40.1 Å². The van der Waals surface area contributed by atoms with E-state index in [2.05, 4.69) is 40.9 Å². The highest BCUT2D eigenvalue weighted by molar-refractivity contribution is 5.85. The van der Waals surface area contributed by atoms with E-state index in [4.69, 9.17) is 0 Å². The first-order chi connectivity index (χ1) is 17.0. The van der Waals surface area contributed by atoms with Gasteiger partial charge < -0.3 is 20.8 Å². The molecule has 0 aromatic carbocycles. The summed E-state index contributed by atoms with van der Waals surface area (Å²) in [6.07, 6.45) is 2.02. The lowest BCUT2D eigenvalue weighted by Crippen LogP contribution is -2.45. The average Bonchev–Trinajstić information content (AvgIpc) is 3.43. The average molecular weight is 479 g/mol. The topological polar surface area (TPSA) is 163 Å². The maximum Gasteiger partial charge on any atom is 0.239 e. The summed E-state index contributed by atoms with van der Waals surface area (Å²) in [6, 6.07) is 5.74. The smallest absolute Gasteiger partial charge is 0.239 e. The van der Waals surface area contributed by atoms with E-state index in [0.717, 1.165) is 11.9 Å². The minimum Gasteiger partial charge on any atom is -0.388 e. The Hall–Kier alpha value is -4.07. The van der Waals surface area contributed by atoms with E-state index in [1.54, 1.807) is 6.20 Å². The Morgan fingerprint density at radius 2 is 2.06 bits per heavy atom. The second-order valence-electron chi connectivity index (χ2n) is 7.97. The van der Waals surface area contributed by atoms with Crippen LogP contribution >= 0.6 is 0 Å². The molecule has 5 rings (SSSR count). The normalized spacial score (nSPS) is 21.8. The Morgan fingerprint density at radius 1 is 1.20 bits per heavy atom. The van der Waals surface area contributed by atoms with Crippen LogP contribution in [-0.2, 0) is 11.3 Å². The summed E-state index contributed by atoms with van der Waals surface area (Å²) < 4.78 is 15.4. The highest BCUT2D eigenvalue weighted by atomic mass is 19.1. The molecule has 1 fully saturated rings. The Kier molecular flexibility index (Phi) is 6.03. The first kappa shape index (κ1) is 22.7. The van der Waals surface area contributed by atoms with Gasteiger partial charge in [0.2, 0.25) is 5.91 Å². The standard InChI is InChI=1S/C22H22FN9O3/c1-24-22(35)14-16(33)17(34)21(29-14)32-10-28-15-19(27-9-13-4-2-3-5-26-13)30-18(31-20(15)32)11-6-12(23)8-25-7-11/h2-8,10,14,16-17,21,29,33-34H,9H2,1H3,(H,24,35)(H,27,30,31)/t14-,16+,17+,21-/m0/s1. The SMILES string of the molecule is CNC(=O)[C@H]1N[C@@H](n2cnc3c(NCc4ccccn4)nc(-c4cncc(F)c4)nc32)[C@H](O)[C@@H]1O. The van der Waals surface area contributed by atoms with Crippen LogP contribution in [0.4, 0.5) is 10.2 Å². The molecule has 0 bridgehead atoms. The van der Waals surface area contributed by atoms with Crippen LogP contribution in [0.1, 0.15) is 11.9 Å². The Morgan fingerprint density at radius 3 is 2.80 bits per heavy atom. The van der Waals surface area contributed by atoms with Crippen LogP contribution in [0.15, 0.2) is 49.2 Å². The van der Waals surface area contributed by atoms with Gasteiger partial charge in [0.25, 0.3) is 0 Å². The van der Waals surface area contributed by atoms with Gasteiger partial charge in [0.15, 0.2) is 22.8 Å². The third-order valence-electron chi connectivity index (χ3n) is 5.74. The molecule has 13 heteroatoms. The number of fused-ring (bicyclic) bond motifs is 1. The minimum atomic E-state index is -1.35. The summed E-state index contributed by atoms with van der Waals surface area (Å²) >= 11 is 0. The second kappa shape index (κ2) is 9.29. The fourth-order valence-electron chi connectivity index (χ4n) is 3.98. The van der Waals surface area contributed by atoms with Gasteiger partial charge in [0, 0.05) is 25.0 Å². The molecule has 35 heavy (non-hydrogen) atoms. The van der Waals surface area contributed by atoms with E-state index < -0.39 is 36.1 Å². The minimum absolute atomic E-state index is 0.172. The molecule has 0 spiro atoms. The number of hydrogen-bond acceptors (Lipinski definition) is 10. The predicted octanol–water partition coefficient (Wildman–Crippen LogP) is -0.0273. The van der Waals surface area contributed by atoms with Crippen LogP contribution in [0.5, 0.6) is 0 Å². The molecule has 0 radical (unpaired) electrons. The Bertz CT molecular complexity index is 1370.